The van der Waals surface area contributed by atoms with E-state index in [1.165, 1.54) is 0 Å². The van der Waals surface area contributed by atoms with Crippen LogP contribution in [-0.4, -0.2) is 11.8 Å². The Morgan fingerprint density at radius 3 is 1.21 bits per heavy atom. The molecule has 10 N–H and O–H groups in total. The number of rotatable bonds is 2. The van der Waals surface area contributed by atoms with Crippen LogP contribution < -0.4 is 32.2 Å². The van der Waals surface area contributed by atoms with Gasteiger partial charge >= 0.3 is 11.8 Å². The lowest BCUT2D eigenvalue weighted by Crippen LogP contribution is -2.41. The molecule has 2 amide bonds. The van der Waals surface area contributed by atoms with Crippen molar-refractivity contribution < 1.29 is 9.59 Å². The second-order valence-corrected chi connectivity index (χ2v) is 9.21. The van der Waals surface area contributed by atoms with Crippen LogP contribution in [0.4, 0.5) is 0 Å². The highest BCUT2D eigenvalue weighted by Crippen LogP contribution is 2.20. The summed E-state index contributed by atoms with van der Waals surface area (Å²) in [6, 6.07) is 0. The third-order valence-corrected chi connectivity index (χ3v) is 2.41. The monoisotopic (exact) mass is 276 g/mol. The van der Waals surface area contributed by atoms with Crippen LogP contribution in [0.3, 0.4) is 0 Å². The van der Waals surface area contributed by atoms with Gasteiger partial charge in [-0.1, -0.05) is 0 Å². The van der Waals surface area contributed by atoms with Crippen LogP contribution in [0, 0.1) is 0 Å². The summed E-state index contributed by atoms with van der Waals surface area (Å²) in [6.07, 6.45) is 0. The Bertz CT molecular complexity index is 310. The second-order valence-electron chi connectivity index (χ2n) is 2.30. The molecule has 0 bridgehead atoms. The molecule has 0 heterocycles. The molecule has 82 valence electrons. The van der Waals surface area contributed by atoms with E-state index in [1.807, 2.05) is 10.2 Å². The van der Waals surface area contributed by atoms with E-state index in [2.05, 4.69) is 23.6 Å². The normalized spacial score (nSPS) is 12.0. The molecule has 8 nitrogen and oxygen atoms in total. The summed E-state index contributed by atoms with van der Waals surface area (Å²) >= 11 is 8.99. The van der Waals surface area contributed by atoms with Crippen LogP contribution in [0.1, 0.15) is 0 Å². The largest absolute Gasteiger partial charge is 0.315 e. The van der Waals surface area contributed by atoms with E-state index in [1.54, 1.807) is 0 Å². The van der Waals surface area contributed by atoms with E-state index in [0.717, 1.165) is 0 Å². The highest BCUT2D eigenvalue weighted by atomic mass is 32.5. The maximum absolute atomic E-state index is 11.0. The standard InChI is InChI=1S/C2H10N6O2P2S2/c3-11(4,13)7-1(9)2(10)8-12(5,6)14/h(H5,3,4,7,9,13)(H5,5,6,8,10,14). The molecule has 0 aliphatic carbocycles. The maximum Gasteiger partial charge on any atom is 0.315 e. The van der Waals surface area contributed by atoms with Crippen molar-refractivity contribution in [2.75, 3.05) is 0 Å². The number of amides is 2. The Labute approximate surface area is 90.5 Å². The molecular weight excluding hydrogens is 266 g/mol. The van der Waals surface area contributed by atoms with Crippen molar-refractivity contribution in [2.24, 2.45) is 22.0 Å². The summed E-state index contributed by atoms with van der Waals surface area (Å²) < 4.78 is 0. The van der Waals surface area contributed by atoms with Crippen LogP contribution in [0.15, 0.2) is 0 Å². The molecule has 0 atom stereocenters. The lowest BCUT2D eigenvalue weighted by atomic mass is 10.6. The van der Waals surface area contributed by atoms with Gasteiger partial charge in [-0.15, -0.1) is 0 Å². The van der Waals surface area contributed by atoms with Crippen LogP contribution in [0.25, 0.3) is 0 Å². The summed E-state index contributed by atoms with van der Waals surface area (Å²) in [5.41, 5.74) is 20.6. The minimum atomic E-state index is -2.97. The van der Waals surface area contributed by atoms with E-state index in [9.17, 15) is 9.59 Å². The number of hydrogen-bond acceptors (Lipinski definition) is 4. The minimum Gasteiger partial charge on any atom is -0.297 e. The summed E-state index contributed by atoms with van der Waals surface area (Å²) in [5, 5.41) is 3.86. The van der Waals surface area contributed by atoms with Crippen LogP contribution >= 0.6 is 13.0 Å². The average molecular weight is 276 g/mol. The smallest absolute Gasteiger partial charge is 0.297 e. The van der Waals surface area contributed by atoms with Crippen molar-refractivity contribution in [3.05, 3.63) is 0 Å². The Hall–Kier alpha value is 0.0800. The number of carbonyl (C=O) groups is 2. The molecule has 0 aromatic rings. The third-order valence-electron chi connectivity index (χ3n) is 0.759. The summed E-state index contributed by atoms with van der Waals surface area (Å²) in [4.78, 5) is 21.9. The fourth-order valence-corrected chi connectivity index (χ4v) is 1.75. The van der Waals surface area contributed by atoms with Gasteiger partial charge in [-0.25, -0.2) is 0 Å². The van der Waals surface area contributed by atoms with Gasteiger partial charge in [-0.3, -0.25) is 41.8 Å². The first kappa shape index (κ1) is 14.1. The van der Waals surface area contributed by atoms with Gasteiger partial charge in [0.25, 0.3) is 0 Å². The van der Waals surface area contributed by atoms with E-state index in [-0.39, 0.29) is 0 Å². The highest BCUT2D eigenvalue weighted by Gasteiger charge is 2.20. The molecule has 0 fully saturated rings. The van der Waals surface area contributed by atoms with Crippen LogP contribution in [0.5, 0.6) is 0 Å². The van der Waals surface area contributed by atoms with Crippen molar-refractivity contribution >= 4 is 48.4 Å². The second kappa shape index (κ2) is 4.73. The van der Waals surface area contributed by atoms with Crippen molar-refractivity contribution in [2.45, 2.75) is 0 Å². The summed E-state index contributed by atoms with van der Waals surface area (Å²) in [7, 11) is 0. The number of hydrogen-bond donors (Lipinski definition) is 6. The molecule has 0 saturated heterocycles. The lowest BCUT2D eigenvalue weighted by Gasteiger charge is -2.14. The van der Waals surface area contributed by atoms with E-state index >= 15 is 0 Å². The summed E-state index contributed by atoms with van der Waals surface area (Å²) in [5.74, 6) is -2.19. The van der Waals surface area contributed by atoms with E-state index in [4.69, 9.17) is 22.0 Å². The molecule has 0 spiro atoms. The number of nitrogens with one attached hydrogen (secondary N) is 2. The molecule has 0 aromatic carbocycles. The van der Waals surface area contributed by atoms with Gasteiger partial charge in [0.1, 0.15) is 0 Å². The van der Waals surface area contributed by atoms with Crippen molar-refractivity contribution in [1.82, 2.24) is 10.2 Å². The Morgan fingerprint density at radius 1 is 0.857 bits per heavy atom. The van der Waals surface area contributed by atoms with E-state index in [0.29, 0.717) is 0 Å². The van der Waals surface area contributed by atoms with Crippen LogP contribution in [0.2, 0.25) is 0 Å². The van der Waals surface area contributed by atoms with E-state index < -0.39 is 24.8 Å². The Kier molecular flexibility index (Phi) is 4.76. The fraction of sp³-hybridized carbons (Fsp3) is 0. The first-order valence-corrected chi connectivity index (χ1v) is 8.88. The molecule has 14 heavy (non-hydrogen) atoms. The van der Waals surface area contributed by atoms with Gasteiger partial charge in [0, 0.05) is 0 Å². The molecule has 0 aliphatic rings. The SMILES string of the molecule is NP(N)(=S)NC(=O)C(=O)NP(N)(N)=S. The van der Waals surface area contributed by atoms with Gasteiger partial charge in [0.2, 0.25) is 0 Å². The number of nitrogens with two attached hydrogens (primary N) is 4. The fourth-order valence-electron chi connectivity index (χ4n) is 0.419. The molecule has 0 aliphatic heterocycles. The third kappa shape index (κ3) is 7.48. The zero-order chi connectivity index (χ0) is 11.6. The first-order valence-electron chi connectivity index (χ1n) is 3.00. The Morgan fingerprint density at radius 2 is 1.07 bits per heavy atom. The lowest BCUT2D eigenvalue weighted by molar-refractivity contribution is -0.137. The quantitative estimate of drug-likeness (QED) is 0.238. The van der Waals surface area contributed by atoms with Gasteiger partial charge < -0.3 is 0 Å². The van der Waals surface area contributed by atoms with Gasteiger partial charge in [-0.05, 0) is 23.6 Å². The topological polar surface area (TPSA) is 162 Å². The zero-order valence-corrected chi connectivity index (χ0v) is 10.3. The van der Waals surface area contributed by atoms with Crippen LogP contribution in [-0.2, 0) is 33.2 Å². The molecule has 12 heteroatoms. The molecular formula is C2H10N6O2P2S2. The molecule has 0 rings (SSSR count). The first-order chi connectivity index (χ1) is 6.01. The zero-order valence-electron chi connectivity index (χ0n) is 6.84. The number of carbonyl (C=O) groups excluding carboxylic acids is 2. The average Bonchev–Trinajstić information content (AvgIpc) is 1.78. The Balaban J connectivity index is 4.37. The van der Waals surface area contributed by atoms with Gasteiger partial charge in [0.05, 0.1) is 0 Å². The predicted molar refractivity (Wildman–Crippen MR) is 61.6 cm³/mol. The van der Waals surface area contributed by atoms with Crippen molar-refractivity contribution in [3.8, 4) is 0 Å². The highest BCUT2D eigenvalue weighted by molar-refractivity contribution is 8.12. The molecule has 0 unspecified atom stereocenters. The van der Waals surface area contributed by atoms with Gasteiger partial charge in [-0.2, -0.15) is 0 Å². The van der Waals surface area contributed by atoms with Gasteiger partial charge in [0.15, 0.2) is 13.0 Å². The van der Waals surface area contributed by atoms with Crippen molar-refractivity contribution in [1.29, 1.82) is 0 Å². The molecule has 0 aromatic heterocycles. The maximum atomic E-state index is 11.0. The molecule has 0 radical (unpaired) electrons. The minimum absolute atomic E-state index is 1.09. The summed E-state index contributed by atoms with van der Waals surface area (Å²) in [6.45, 7) is -5.94. The molecule has 0 saturated carbocycles. The van der Waals surface area contributed by atoms with Crippen molar-refractivity contribution in [3.63, 3.8) is 0 Å². The predicted octanol–water partition coefficient (Wildman–Crippen LogP) is -2.50.